The zero-order valence-electron chi connectivity index (χ0n) is 21.9. The van der Waals surface area contributed by atoms with Crippen molar-refractivity contribution in [3.63, 3.8) is 0 Å². The van der Waals surface area contributed by atoms with Gasteiger partial charge in [-0.25, -0.2) is 4.98 Å². The van der Waals surface area contributed by atoms with Gasteiger partial charge in [0.15, 0.2) is 5.78 Å². The lowest BCUT2D eigenvalue weighted by atomic mass is 9.97. The van der Waals surface area contributed by atoms with E-state index in [4.69, 9.17) is 9.47 Å². The van der Waals surface area contributed by atoms with Crippen LogP contribution in [-0.2, 0) is 6.61 Å². The number of nitrogens with zero attached hydrogens (tertiary/aromatic N) is 2. The average molecular weight is 555 g/mol. The highest BCUT2D eigenvalue weighted by Gasteiger charge is 2.21. The lowest BCUT2D eigenvalue weighted by Crippen LogP contribution is -2.25. The normalized spacial score (nSPS) is 13.7. The lowest BCUT2D eigenvalue weighted by molar-refractivity contribution is 0.104. The lowest BCUT2D eigenvalue weighted by Gasteiger charge is -2.15. The molecule has 39 heavy (non-hydrogen) atoms. The Hall–Kier alpha value is -3.52. The molecule has 1 fully saturated rings. The highest BCUT2D eigenvalue weighted by atomic mass is 32.1. The summed E-state index contributed by atoms with van der Waals surface area (Å²) in [6, 6.07) is 23.7. The molecule has 0 amide bonds. The molecule has 3 aromatic carbocycles. The number of likely N-dealkylation sites (tertiary alicyclic amines) is 1. The number of ether oxygens (including phenoxy) is 2. The van der Waals surface area contributed by atoms with E-state index in [0.717, 1.165) is 49.1 Å². The molecule has 0 unspecified atom stereocenters. The molecule has 0 N–H and O–H groups in total. The molecule has 1 aliphatic heterocycles. The summed E-state index contributed by atoms with van der Waals surface area (Å²) in [5.74, 6) is 1.58. The Labute approximate surface area is 236 Å². The van der Waals surface area contributed by atoms with E-state index in [1.165, 1.54) is 25.9 Å². The molecular formula is C32H30N2O3S2. The van der Waals surface area contributed by atoms with E-state index >= 15 is 0 Å². The summed E-state index contributed by atoms with van der Waals surface area (Å²) in [6.07, 6.45) is 2.58. The topological polar surface area (TPSA) is 51.7 Å². The molecule has 3 heterocycles. The van der Waals surface area contributed by atoms with Crippen molar-refractivity contribution >= 4 is 38.5 Å². The van der Waals surface area contributed by atoms with E-state index in [-0.39, 0.29) is 5.78 Å². The standard InChI is InChI=1S/C32H30N2O3S2/c1-22-33-25(21-38-22)20-37-27-12-8-23(9-13-27)31(35)30-28-6-2-3-7-29(28)39-32(30)24-10-14-26(15-11-24)36-19-18-34-16-4-5-17-34/h2-3,6-15,21H,4-5,16-20H2,1H3. The Morgan fingerprint density at radius 1 is 0.923 bits per heavy atom. The third kappa shape index (κ3) is 5.91. The van der Waals surface area contributed by atoms with Gasteiger partial charge >= 0.3 is 0 Å². The van der Waals surface area contributed by atoms with Gasteiger partial charge in [0.2, 0.25) is 0 Å². The molecule has 0 saturated carbocycles. The molecule has 1 aliphatic rings. The number of thiophene rings is 1. The Morgan fingerprint density at radius 3 is 2.38 bits per heavy atom. The predicted octanol–water partition coefficient (Wildman–Crippen LogP) is 7.62. The fourth-order valence-corrected chi connectivity index (χ4v) is 6.76. The molecule has 0 spiro atoms. The van der Waals surface area contributed by atoms with Gasteiger partial charge in [-0.3, -0.25) is 9.69 Å². The van der Waals surface area contributed by atoms with Crippen molar-refractivity contribution in [2.75, 3.05) is 26.2 Å². The van der Waals surface area contributed by atoms with Gasteiger partial charge in [0, 0.05) is 38.0 Å². The van der Waals surface area contributed by atoms with E-state index in [1.54, 1.807) is 22.7 Å². The van der Waals surface area contributed by atoms with E-state index in [2.05, 4.69) is 28.1 Å². The minimum atomic E-state index is 0.00932. The van der Waals surface area contributed by atoms with Gasteiger partial charge in [-0.2, -0.15) is 0 Å². The predicted molar refractivity (Wildman–Crippen MR) is 159 cm³/mol. The second kappa shape index (κ2) is 11.7. The molecule has 6 rings (SSSR count). The monoisotopic (exact) mass is 554 g/mol. The molecule has 0 atom stereocenters. The van der Waals surface area contributed by atoms with Gasteiger partial charge in [0.05, 0.1) is 10.7 Å². The highest BCUT2D eigenvalue weighted by molar-refractivity contribution is 7.22. The van der Waals surface area contributed by atoms with Crippen LogP contribution in [0.2, 0.25) is 0 Å². The summed E-state index contributed by atoms with van der Waals surface area (Å²) in [7, 11) is 0. The Kier molecular flexibility index (Phi) is 7.72. The van der Waals surface area contributed by atoms with Gasteiger partial charge < -0.3 is 9.47 Å². The number of fused-ring (bicyclic) bond motifs is 1. The van der Waals surface area contributed by atoms with Crippen molar-refractivity contribution in [3.8, 4) is 21.9 Å². The Morgan fingerprint density at radius 2 is 1.64 bits per heavy atom. The van der Waals surface area contributed by atoms with Gasteiger partial charge in [-0.15, -0.1) is 22.7 Å². The highest BCUT2D eigenvalue weighted by Crippen LogP contribution is 2.40. The summed E-state index contributed by atoms with van der Waals surface area (Å²) in [4.78, 5) is 21.7. The maximum absolute atomic E-state index is 13.9. The largest absolute Gasteiger partial charge is 0.492 e. The zero-order valence-corrected chi connectivity index (χ0v) is 23.5. The van der Waals surface area contributed by atoms with Crippen LogP contribution in [0.5, 0.6) is 11.5 Å². The second-order valence-corrected chi connectivity index (χ2v) is 11.8. The van der Waals surface area contributed by atoms with Crippen molar-refractivity contribution in [2.45, 2.75) is 26.4 Å². The molecule has 198 valence electrons. The molecule has 0 radical (unpaired) electrons. The number of aryl methyl sites for hydroxylation is 1. The number of carbonyl (C=O) groups is 1. The zero-order chi connectivity index (χ0) is 26.6. The van der Waals surface area contributed by atoms with Crippen molar-refractivity contribution in [1.29, 1.82) is 0 Å². The average Bonchev–Trinajstić information content (AvgIpc) is 3.72. The number of hydrogen-bond donors (Lipinski definition) is 0. The van der Waals surface area contributed by atoms with Crippen molar-refractivity contribution in [1.82, 2.24) is 9.88 Å². The quantitative estimate of drug-likeness (QED) is 0.166. The maximum atomic E-state index is 13.9. The SMILES string of the molecule is Cc1nc(COc2ccc(C(=O)c3c(-c4ccc(OCCN5CCCC5)cc4)sc4ccccc34)cc2)cs1. The van der Waals surface area contributed by atoms with Crippen LogP contribution in [0, 0.1) is 6.92 Å². The number of ketones is 1. The summed E-state index contributed by atoms with van der Waals surface area (Å²) >= 11 is 3.26. The molecule has 5 nitrogen and oxygen atoms in total. The van der Waals surface area contributed by atoms with Crippen LogP contribution in [0.3, 0.4) is 0 Å². The number of thiazole rings is 1. The molecule has 0 aliphatic carbocycles. The maximum Gasteiger partial charge on any atom is 0.195 e. The first kappa shape index (κ1) is 25.7. The summed E-state index contributed by atoms with van der Waals surface area (Å²) in [5.41, 5.74) is 3.31. The van der Waals surface area contributed by atoms with Gasteiger partial charge in [0.25, 0.3) is 0 Å². The van der Waals surface area contributed by atoms with E-state index in [0.29, 0.717) is 24.5 Å². The van der Waals surface area contributed by atoms with Crippen LogP contribution < -0.4 is 9.47 Å². The van der Waals surface area contributed by atoms with Crippen LogP contribution in [0.15, 0.2) is 78.2 Å². The fraction of sp³-hybridized carbons (Fsp3) is 0.250. The third-order valence-corrected chi connectivity index (χ3v) is 9.03. The minimum Gasteiger partial charge on any atom is -0.492 e. The number of aromatic nitrogens is 1. The minimum absolute atomic E-state index is 0.00932. The summed E-state index contributed by atoms with van der Waals surface area (Å²) in [5, 5.41) is 4.00. The molecule has 5 aromatic rings. The second-order valence-electron chi connectivity index (χ2n) is 9.72. The van der Waals surface area contributed by atoms with E-state index in [9.17, 15) is 4.79 Å². The first-order valence-corrected chi connectivity index (χ1v) is 15.0. The number of carbonyl (C=O) groups excluding carboxylic acids is 1. The number of rotatable bonds is 10. The summed E-state index contributed by atoms with van der Waals surface area (Å²) in [6.45, 7) is 6.39. The van der Waals surface area contributed by atoms with Crippen LogP contribution in [0.25, 0.3) is 20.5 Å². The van der Waals surface area contributed by atoms with Crippen LogP contribution in [-0.4, -0.2) is 41.9 Å². The molecule has 7 heteroatoms. The van der Waals surface area contributed by atoms with E-state index in [1.807, 2.05) is 66.9 Å². The molecule has 1 saturated heterocycles. The first-order chi connectivity index (χ1) is 19.1. The Balaban J connectivity index is 1.20. The molecule has 0 bridgehead atoms. The number of hydrogen-bond acceptors (Lipinski definition) is 7. The molecule has 2 aromatic heterocycles. The smallest absolute Gasteiger partial charge is 0.195 e. The van der Waals surface area contributed by atoms with Gasteiger partial charge in [0.1, 0.15) is 24.7 Å². The van der Waals surface area contributed by atoms with Crippen LogP contribution in [0.4, 0.5) is 0 Å². The third-order valence-electron chi connectivity index (χ3n) is 6.98. The first-order valence-electron chi connectivity index (χ1n) is 13.3. The Bertz CT molecular complexity index is 1570. The van der Waals surface area contributed by atoms with Gasteiger partial charge in [-0.1, -0.05) is 18.2 Å². The van der Waals surface area contributed by atoms with Crippen LogP contribution >= 0.6 is 22.7 Å². The fourth-order valence-electron chi connectivity index (χ4n) is 4.95. The van der Waals surface area contributed by atoms with E-state index < -0.39 is 0 Å². The van der Waals surface area contributed by atoms with Gasteiger partial charge in [-0.05, 0) is 93.0 Å². The van der Waals surface area contributed by atoms with Crippen LogP contribution in [0.1, 0.15) is 39.5 Å². The molecular weight excluding hydrogens is 524 g/mol. The number of benzene rings is 3. The summed E-state index contributed by atoms with van der Waals surface area (Å²) < 4.78 is 13.0. The van der Waals surface area contributed by atoms with Crippen molar-refractivity contribution in [2.24, 2.45) is 0 Å². The van der Waals surface area contributed by atoms with Crippen molar-refractivity contribution in [3.05, 3.63) is 100 Å². The van der Waals surface area contributed by atoms with Crippen molar-refractivity contribution < 1.29 is 14.3 Å².